The Hall–Kier alpha value is -1.58. The summed E-state index contributed by atoms with van der Waals surface area (Å²) in [5.74, 6) is 0.476. The van der Waals surface area contributed by atoms with E-state index in [0.717, 1.165) is 4.70 Å². The molecule has 1 aromatic heterocycles. The Balaban J connectivity index is 1.92. The van der Waals surface area contributed by atoms with Crippen LogP contribution >= 0.6 is 11.3 Å². The Morgan fingerprint density at radius 1 is 1.35 bits per heavy atom. The minimum absolute atomic E-state index is 0.163. The van der Waals surface area contributed by atoms with E-state index in [1.54, 1.807) is 19.1 Å². The number of aliphatic hydroxyl groups is 1. The fraction of sp³-hybridized carbons (Fsp3) is 0.389. The van der Waals surface area contributed by atoms with E-state index in [1.165, 1.54) is 11.3 Å². The van der Waals surface area contributed by atoms with Crippen LogP contribution in [-0.2, 0) is 20.0 Å². The number of hydrogen-bond acceptors (Lipinski definition) is 7. The van der Waals surface area contributed by atoms with Crippen molar-refractivity contribution in [2.24, 2.45) is 0 Å². The van der Waals surface area contributed by atoms with Gasteiger partial charge in [-0.15, -0.1) is 11.3 Å². The topological polar surface area (TPSA) is 76.1 Å². The summed E-state index contributed by atoms with van der Waals surface area (Å²) in [4.78, 5) is 15.4. The van der Waals surface area contributed by atoms with Crippen LogP contribution in [0.4, 0.5) is 0 Å². The third kappa shape index (κ3) is 3.89. The Labute approximate surface area is 158 Å². The lowest BCUT2D eigenvalue weighted by molar-refractivity contribution is 0.0363. The molecule has 3 rings (SSSR count). The highest BCUT2D eigenvalue weighted by atomic mass is 32.2. The first-order valence-corrected chi connectivity index (χ1v) is 10.0. The fourth-order valence-electron chi connectivity index (χ4n) is 2.78. The minimum Gasteiger partial charge on any atom is -0.401 e. The third-order valence-electron chi connectivity index (χ3n) is 3.96. The van der Waals surface area contributed by atoms with Gasteiger partial charge in [0.25, 0.3) is 0 Å². The maximum Gasteiger partial charge on any atom is 0.245 e. The van der Waals surface area contributed by atoms with E-state index in [4.69, 9.17) is 8.92 Å². The largest absolute Gasteiger partial charge is 0.401 e. The zero-order chi connectivity index (χ0) is 18.8. The number of nitrogens with zero attached hydrogens (tertiary/aromatic N) is 1. The van der Waals surface area contributed by atoms with Gasteiger partial charge in [-0.1, -0.05) is 12.1 Å². The Bertz CT molecular complexity index is 935. The Kier molecular flexibility index (Phi) is 5.89. The number of rotatable bonds is 6. The lowest BCUT2D eigenvalue weighted by Crippen LogP contribution is -2.30. The number of fused-ring (bicyclic) bond motifs is 2. The van der Waals surface area contributed by atoms with Crippen molar-refractivity contribution in [3.63, 3.8) is 0 Å². The van der Waals surface area contributed by atoms with E-state index in [2.05, 4.69) is 0 Å². The standard InChI is InChI=1S/C18H21NO5S2/c1-11-14(10-23-9-12(20)8-19(2)3)17-18(26(22)24-11)16(21)13-6-4-5-7-15(13)25-17/h4-7,12,20H,8-10H2,1-3H3. The first kappa shape index (κ1) is 19.2. The zero-order valence-corrected chi connectivity index (χ0v) is 16.5. The maximum atomic E-state index is 12.8. The van der Waals surface area contributed by atoms with Gasteiger partial charge in [-0.3, -0.25) is 4.79 Å². The average Bonchev–Trinajstić information content (AvgIpc) is 2.57. The molecule has 0 aliphatic carbocycles. The second kappa shape index (κ2) is 7.98. The molecule has 0 amide bonds. The number of benzene rings is 1. The van der Waals surface area contributed by atoms with Crippen LogP contribution in [0.1, 0.15) is 11.8 Å². The van der Waals surface area contributed by atoms with E-state index >= 15 is 0 Å². The molecule has 0 fully saturated rings. The molecule has 2 heterocycles. The van der Waals surface area contributed by atoms with Crippen LogP contribution in [-0.4, -0.2) is 54.2 Å². The molecule has 6 nitrogen and oxygen atoms in total. The van der Waals surface area contributed by atoms with Crippen molar-refractivity contribution >= 4 is 38.1 Å². The summed E-state index contributed by atoms with van der Waals surface area (Å²) >= 11 is -0.420. The molecule has 0 saturated heterocycles. The summed E-state index contributed by atoms with van der Waals surface area (Å²) in [6.45, 7) is 2.54. The van der Waals surface area contributed by atoms with Crippen molar-refractivity contribution in [3.05, 3.63) is 45.1 Å². The van der Waals surface area contributed by atoms with E-state index < -0.39 is 17.2 Å². The van der Waals surface area contributed by atoms with E-state index in [-0.39, 0.29) is 23.5 Å². The molecular weight excluding hydrogens is 374 g/mol. The van der Waals surface area contributed by atoms with Crippen molar-refractivity contribution in [3.8, 4) is 0 Å². The Morgan fingerprint density at radius 3 is 2.81 bits per heavy atom. The summed E-state index contributed by atoms with van der Waals surface area (Å²) in [5.41, 5.74) is 0.426. The number of allylic oxidation sites excluding steroid dienone is 1. The molecule has 2 atom stereocenters. The number of ether oxygens (including phenoxy) is 1. The SMILES string of the molecule is CC1=C(COCC(O)CN(C)C)c2sc3ccccc3c(=O)c2S(=O)O1. The zero-order valence-electron chi connectivity index (χ0n) is 14.9. The summed E-state index contributed by atoms with van der Waals surface area (Å²) in [5, 5.41) is 10.5. The molecule has 26 heavy (non-hydrogen) atoms. The highest BCUT2D eigenvalue weighted by molar-refractivity contribution is 7.80. The Morgan fingerprint density at radius 2 is 2.08 bits per heavy atom. The first-order chi connectivity index (χ1) is 12.4. The maximum absolute atomic E-state index is 12.8. The highest BCUT2D eigenvalue weighted by Crippen LogP contribution is 2.36. The predicted octanol–water partition coefficient (Wildman–Crippen LogP) is 1.98. The molecule has 0 spiro atoms. The van der Waals surface area contributed by atoms with Gasteiger partial charge in [-0.2, -0.15) is 0 Å². The van der Waals surface area contributed by atoms with Crippen molar-refractivity contribution < 1.29 is 18.2 Å². The van der Waals surface area contributed by atoms with Crippen molar-refractivity contribution in [1.82, 2.24) is 4.90 Å². The molecule has 140 valence electrons. The number of likely N-dealkylation sites (N-methyl/N-ethyl adjacent to an activating group) is 1. The van der Waals surface area contributed by atoms with Gasteiger partial charge in [-0.25, -0.2) is 4.21 Å². The van der Waals surface area contributed by atoms with Gasteiger partial charge in [0, 0.05) is 22.2 Å². The fourth-order valence-corrected chi connectivity index (χ4v) is 5.20. The van der Waals surface area contributed by atoms with Gasteiger partial charge < -0.3 is 18.9 Å². The molecule has 8 heteroatoms. The van der Waals surface area contributed by atoms with Gasteiger partial charge >= 0.3 is 0 Å². The normalized spacial score (nSPS) is 18.1. The third-order valence-corrected chi connectivity index (χ3v) is 6.44. The molecule has 1 aromatic carbocycles. The molecule has 0 saturated carbocycles. The molecule has 1 N–H and O–H groups in total. The van der Waals surface area contributed by atoms with Crippen LogP contribution < -0.4 is 5.43 Å². The molecule has 0 bridgehead atoms. The second-order valence-corrected chi connectivity index (χ2v) is 8.47. The molecular formula is C18H21NO5S2. The van der Waals surface area contributed by atoms with Crippen LogP contribution in [0.25, 0.3) is 15.7 Å². The highest BCUT2D eigenvalue weighted by Gasteiger charge is 2.29. The van der Waals surface area contributed by atoms with Crippen LogP contribution in [0.15, 0.2) is 39.7 Å². The van der Waals surface area contributed by atoms with Gasteiger partial charge in [0.05, 0.1) is 24.2 Å². The van der Waals surface area contributed by atoms with Crippen LogP contribution in [0.2, 0.25) is 0 Å². The van der Waals surface area contributed by atoms with E-state index in [9.17, 15) is 14.1 Å². The van der Waals surface area contributed by atoms with Crippen molar-refractivity contribution in [2.75, 3.05) is 33.9 Å². The lowest BCUT2D eigenvalue weighted by atomic mass is 10.1. The number of hydrogen-bond donors (Lipinski definition) is 1. The molecule has 0 radical (unpaired) electrons. The van der Waals surface area contributed by atoms with Gasteiger partial charge in [-0.05, 0) is 33.2 Å². The average molecular weight is 396 g/mol. The van der Waals surface area contributed by atoms with Gasteiger partial charge in [0.15, 0.2) is 0 Å². The molecule has 1 aliphatic rings. The summed E-state index contributed by atoms with van der Waals surface area (Å²) in [6.07, 6.45) is -0.612. The van der Waals surface area contributed by atoms with Crippen LogP contribution in [0, 0.1) is 0 Å². The van der Waals surface area contributed by atoms with Crippen molar-refractivity contribution in [1.29, 1.82) is 0 Å². The van der Waals surface area contributed by atoms with E-state index in [0.29, 0.717) is 28.1 Å². The second-order valence-electron chi connectivity index (χ2n) is 6.37. The molecule has 2 aromatic rings. The number of aliphatic hydroxyl groups excluding tert-OH is 1. The van der Waals surface area contributed by atoms with Gasteiger partial charge in [0.2, 0.25) is 16.5 Å². The molecule has 1 aliphatic heterocycles. The van der Waals surface area contributed by atoms with Gasteiger partial charge in [0.1, 0.15) is 10.7 Å². The quantitative estimate of drug-likeness (QED) is 0.806. The lowest BCUT2D eigenvalue weighted by Gasteiger charge is -2.21. The predicted molar refractivity (Wildman–Crippen MR) is 104 cm³/mol. The van der Waals surface area contributed by atoms with Crippen molar-refractivity contribution in [2.45, 2.75) is 17.9 Å². The minimum atomic E-state index is -1.83. The summed E-state index contributed by atoms with van der Waals surface area (Å²) in [6, 6.07) is 7.25. The monoisotopic (exact) mass is 395 g/mol. The summed E-state index contributed by atoms with van der Waals surface area (Å²) < 4.78 is 24.2. The van der Waals surface area contributed by atoms with E-state index in [1.807, 2.05) is 31.1 Å². The first-order valence-electron chi connectivity index (χ1n) is 8.15. The van der Waals surface area contributed by atoms with Crippen LogP contribution in [0.3, 0.4) is 0 Å². The van der Waals surface area contributed by atoms with Crippen LogP contribution in [0.5, 0.6) is 0 Å². The summed E-state index contributed by atoms with van der Waals surface area (Å²) in [7, 11) is 3.75. The smallest absolute Gasteiger partial charge is 0.245 e. The molecule has 2 unspecified atom stereocenters.